The van der Waals surface area contributed by atoms with Crippen molar-refractivity contribution in [2.24, 2.45) is 0 Å². The van der Waals surface area contributed by atoms with Crippen molar-refractivity contribution in [2.75, 3.05) is 13.6 Å². The van der Waals surface area contributed by atoms with Gasteiger partial charge in [-0.3, -0.25) is 0 Å². The van der Waals surface area contributed by atoms with Crippen LogP contribution >= 0.6 is 0 Å². The zero-order valence-electron chi connectivity index (χ0n) is 11.2. The molecule has 2 nitrogen and oxygen atoms in total. The zero-order valence-corrected chi connectivity index (χ0v) is 11.2. The van der Waals surface area contributed by atoms with Crippen LogP contribution in [-0.4, -0.2) is 18.6 Å². The van der Waals surface area contributed by atoms with Gasteiger partial charge in [0.1, 0.15) is 0 Å². The van der Waals surface area contributed by atoms with Crippen molar-refractivity contribution in [3.8, 4) is 0 Å². The Kier molecular flexibility index (Phi) is 3.53. The van der Waals surface area contributed by atoms with Crippen LogP contribution in [0.1, 0.15) is 36.1 Å². The molecule has 2 rings (SSSR count). The number of hydrogen-bond donors (Lipinski definition) is 2. The molecule has 2 aromatic rings. The van der Waals surface area contributed by atoms with Crippen molar-refractivity contribution in [1.82, 2.24) is 10.3 Å². The minimum Gasteiger partial charge on any atom is -0.358 e. The molecule has 0 aliphatic carbocycles. The standard InChI is InChI=1S/C15H22N2/c1-5-12(9-16-4)13-6-7-15-14(8-13)10(2)11(3)17-15/h6-8,12,16-17H,5,9H2,1-4H3. The Labute approximate surface area is 103 Å². The molecule has 92 valence electrons. The minimum absolute atomic E-state index is 0.610. The average Bonchev–Trinajstić information content (AvgIpc) is 2.62. The number of rotatable bonds is 4. The largest absolute Gasteiger partial charge is 0.358 e. The average molecular weight is 230 g/mol. The van der Waals surface area contributed by atoms with E-state index in [0.29, 0.717) is 5.92 Å². The number of aryl methyl sites for hydroxylation is 2. The molecule has 0 radical (unpaired) electrons. The first-order chi connectivity index (χ1) is 8.17. The molecule has 0 aliphatic rings. The van der Waals surface area contributed by atoms with E-state index >= 15 is 0 Å². The number of H-pyrrole nitrogens is 1. The number of fused-ring (bicyclic) bond motifs is 1. The van der Waals surface area contributed by atoms with Crippen LogP contribution in [0.25, 0.3) is 10.9 Å². The monoisotopic (exact) mass is 230 g/mol. The maximum Gasteiger partial charge on any atom is 0.0458 e. The summed E-state index contributed by atoms with van der Waals surface area (Å²) in [6.07, 6.45) is 1.18. The molecule has 1 atom stereocenters. The van der Waals surface area contributed by atoms with E-state index in [2.05, 4.69) is 49.3 Å². The molecule has 0 saturated heterocycles. The van der Waals surface area contributed by atoms with Gasteiger partial charge in [0.15, 0.2) is 0 Å². The number of aromatic nitrogens is 1. The minimum atomic E-state index is 0.610. The van der Waals surface area contributed by atoms with Crippen LogP contribution in [0.2, 0.25) is 0 Å². The SMILES string of the molecule is CCC(CNC)c1ccc2[nH]c(C)c(C)c2c1. The smallest absolute Gasteiger partial charge is 0.0458 e. The highest BCUT2D eigenvalue weighted by Crippen LogP contribution is 2.27. The van der Waals surface area contributed by atoms with Crippen molar-refractivity contribution >= 4 is 10.9 Å². The summed E-state index contributed by atoms with van der Waals surface area (Å²) in [4.78, 5) is 3.43. The van der Waals surface area contributed by atoms with Crippen molar-refractivity contribution in [1.29, 1.82) is 0 Å². The number of likely N-dealkylation sites (N-methyl/N-ethyl adjacent to an activating group) is 1. The van der Waals surface area contributed by atoms with E-state index in [-0.39, 0.29) is 0 Å². The Morgan fingerprint density at radius 2 is 2.06 bits per heavy atom. The molecular weight excluding hydrogens is 208 g/mol. The van der Waals surface area contributed by atoms with Gasteiger partial charge in [-0.25, -0.2) is 0 Å². The lowest BCUT2D eigenvalue weighted by atomic mass is 9.95. The van der Waals surface area contributed by atoms with Gasteiger partial charge in [-0.05, 0) is 56.5 Å². The fourth-order valence-electron chi connectivity index (χ4n) is 2.48. The molecule has 0 amide bonds. The summed E-state index contributed by atoms with van der Waals surface area (Å²) in [5.41, 5.74) is 5.35. The fourth-order valence-corrected chi connectivity index (χ4v) is 2.48. The van der Waals surface area contributed by atoms with Gasteiger partial charge in [0.05, 0.1) is 0 Å². The van der Waals surface area contributed by atoms with E-state index in [1.165, 1.54) is 34.1 Å². The Balaban J connectivity index is 2.45. The van der Waals surface area contributed by atoms with E-state index < -0.39 is 0 Å². The van der Waals surface area contributed by atoms with E-state index in [1.807, 2.05) is 7.05 Å². The lowest BCUT2D eigenvalue weighted by Crippen LogP contribution is -2.16. The van der Waals surface area contributed by atoms with E-state index in [9.17, 15) is 0 Å². The molecule has 1 aromatic carbocycles. The molecule has 2 heteroatoms. The van der Waals surface area contributed by atoms with Crippen LogP contribution in [0.3, 0.4) is 0 Å². The topological polar surface area (TPSA) is 27.8 Å². The summed E-state index contributed by atoms with van der Waals surface area (Å²) in [7, 11) is 2.02. The molecule has 1 aromatic heterocycles. The second kappa shape index (κ2) is 4.92. The van der Waals surface area contributed by atoms with Gasteiger partial charge in [-0.1, -0.05) is 13.0 Å². The van der Waals surface area contributed by atoms with Crippen molar-refractivity contribution in [2.45, 2.75) is 33.1 Å². The first-order valence-corrected chi connectivity index (χ1v) is 6.40. The third-order valence-corrected chi connectivity index (χ3v) is 3.75. The molecule has 0 aliphatic heterocycles. The second-order valence-electron chi connectivity index (χ2n) is 4.84. The number of hydrogen-bond acceptors (Lipinski definition) is 1. The number of benzene rings is 1. The summed E-state index contributed by atoms with van der Waals surface area (Å²) < 4.78 is 0. The summed E-state index contributed by atoms with van der Waals surface area (Å²) >= 11 is 0. The Bertz CT molecular complexity index is 511. The van der Waals surface area contributed by atoms with Crippen LogP contribution in [0.15, 0.2) is 18.2 Å². The normalized spacial score (nSPS) is 13.2. The molecule has 0 saturated carbocycles. The zero-order chi connectivity index (χ0) is 12.4. The molecular formula is C15H22N2. The van der Waals surface area contributed by atoms with Crippen LogP contribution in [0, 0.1) is 13.8 Å². The molecule has 0 bridgehead atoms. The van der Waals surface area contributed by atoms with E-state index in [1.54, 1.807) is 0 Å². The number of aromatic amines is 1. The van der Waals surface area contributed by atoms with Gasteiger partial charge in [0, 0.05) is 23.1 Å². The summed E-state index contributed by atoms with van der Waals surface area (Å²) in [5.74, 6) is 0.610. The molecule has 0 spiro atoms. The summed E-state index contributed by atoms with van der Waals surface area (Å²) in [6.45, 7) is 7.63. The first kappa shape index (κ1) is 12.2. The van der Waals surface area contributed by atoms with Crippen molar-refractivity contribution < 1.29 is 0 Å². The van der Waals surface area contributed by atoms with Gasteiger partial charge >= 0.3 is 0 Å². The first-order valence-electron chi connectivity index (χ1n) is 6.40. The van der Waals surface area contributed by atoms with E-state index in [0.717, 1.165) is 6.54 Å². The third-order valence-electron chi connectivity index (χ3n) is 3.75. The van der Waals surface area contributed by atoms with Crippen LogP contribution in [-0.2, 0) is 0 Å². The fraction of sp³-hybridized carbons (Fsp3) is 0.467. The van der Waals surface area contributed by atoms with E-state index in [4.69, 9.17) is 0 Å². The van der Waals surface area contributed by atoms with Crippen molar-refractivity contribution in [3.63, 3.8) is 0 Å². The number of nitrogens with one attached hydrogen (secondary N) is 2. The summed E-state index contributed by atoms with van der Waals surface area (Å²) in [5, 5.41) is 4.65. The quantitative estimate of drug-likeness (QED) is 0.826. The molecule has 0 fully saturated rings. The van der Waals surface area contributed by atoms with Gasteiger partial charge < -0.3 is 10.3 Å². The highest BCUT2D eigenvalue weighted by Gasteiger charge is 2.11. The van der Waals surface area contributed by atoms with Gasteiger partial charge in [-0.15, -0.1) is 0 Å². The van der Waals surface area contributed by atoms with Crippen molar-refractivity contribution in [3.05, 3.63) is 35.0 Å². The van der Waals surface area contributed by atoms with Gasteiger partial charge in [0.25, 0.3) is 0 Å². The predicted molar refractivity (Wildman–Crippen MR) is 74.7 cm³/mol. The third kappa shape index (κ3) is 2.22. The van der Waals surface area contributed by atoms with Crippen LogP contribution < -0.4 is 5.32 Å². The van der Waals surface area contributed by atoms with Gasteiger partial charge in [-0.2, -0.15) is 0 Å². The molecule has 1 unspecified atom stereocenters. The highest BCUT2D eigenvalue weighted by atomic mass is 14.8. The predicted octanol–water partition coefficient (Wildman–Crippen LogP) is 3.50. The van der Waals surface area contributed by atoms with Crippen LogP contribution in [0.4, 0.5) is 0 Å². The molecule has 17 heavy (non-hydrogen) atoms. The maximum atomic E-state index is 3.43. The van der Waals surface area contributed by atoms with Crippen LogP contribution in [0.5, 0.6) is 0 Å². The van der Waals surface area contributed by atoms with Gasteiger partial charge in [0.2, 0.25) is 0 Å². The second-order valence-corrected chi connectivity index (χ2v) is 4.84. The molecule has 2 N–H and O–H groups in total. The lowest BCUT2D eigenvalue weighted by Gasteiger charge is -2.14. The highest BCUT2D eigenvalue weighted by molar-refractivity contribution is 5.85. The Morgan fingerprint density at radius 3 is 2.71 bits per heavy atom. The maximum absolute atomic E-state index is 3.43. The molecule has 1 heterocycles. The Morgan fingerprint density at radius 1 is 1.29 bits per heavy atom. The summed E-state index contributed by atoms with van der Waals surface area (Å²) in [6, 6.07) is 6.81. The Hall–Kier alpha value is -1.28. The lowest BCUT2D eigenvalue weighted by molar-refractivity contribution is 0.612.